The molecule has 0 bridgehead atoms. The maximum atomic E-state index is 5.85. The van der Waals surface area contributed by atoms with Crippen molar-refractivity contribution in [1.82, 2.24) is 9.78 Å². The number of aryl methyl sites for hydroxylation is 1. The van der Waals surface area contributed by atoms with Crippen molar-refractivity contribution in [2.75, 3.05) is 5.32 Å². The molecule has 0 aliphatic rings. The van der Waals surface area contributed by atoms with Gasteiger partial charge in [0.15, 0.2) is 0 Å². The van der Waals surface area contributed by atoms with Crippen molar-refractivity contribution in [2.24, 2.45) is 7.05 Å². The summed E-state index contributed by atoms with van der Waals surface area (Å²) in [6.45, 7) is 2.83. The quantitative estimate of drug-likeness (QED) is 0.895. The van der Waals surface area contributed by atoms with E-state index < -0.39 is 0 Å². The van der Waals surface area contributed by atoms with E-state index in [2.05, 4.69) is 10.4 Å². The first kappa shape index (κ1) is 10.5. The summed E-state index contributed by atoms with van der Waals surface area (Å²) in [6, 6.07) is 3.95. The molecule has 2 rings (SSSR count). The predicted molar refractivity (Wildman–Crippen MR) is 64.6 cm³/mol. The van der Waals surface area contributed by atoms with Crippen LogP contribution in [0, 0.1) is 6.92 Å². The molecule has 3 nitrogen and oxygen atoms in total. The molecule has 0 saturated heterocycles. The molecule has 0 amide bonds. The number of halogens is 1. The van der Waals surface area contributed by atoms with E-state index in [1.165, 1.54) is 4.88 Å². The molecule has 1 N–H and O–H groups in total. The highest BCUT2D eigenvalue weighted by Crippen LogP contribution is 2.22. The van der Waals surface area contributed by atoms with Crippen molar-refractivity contribution in [1.29, 1.82) is 0 Å². The third-order valence-electron chi connectivity index (χ3n) is 2.32. The smallest absolute Gasteiger partial charge is 0.0931 e. The van der Waals surface area contributed by atoms with E-state index in [0.29, 0.717) is 0 Å². The summed E-state index contributed by atoms with van der Waals surface area (Å²) in [6.07, 6.45) is 1.84. The normalized spacial score (nSPS) is 10.6. The van der Waals surface area contributed by atoms with Crippen LogP contribution < -0.4 is 5.32 Å². The highest BCUT2D eigenvalue weighted by molar-refractivity contribution is 7.16. The van der Waals surface area contributed by atoms with Gasteiger partial charge in [-0.05, 0) is 19.1 Å². The molecule has 0 aromatic carbocycles. The average Bonchev–Trinajstić information content (AvgIpc) is 2.74. The second-order valence-corrected chi connectivity index (χ2v) is 5.13. The van der Waals surface area contributed by atoms with Crippen LogP contribution in [0.25, 0.3) is 0 Å². The van der Waals surface area contributed by atoms with Crippen molar-refractivity contribution in [2.45, 2.75) is 13.5 Å². The zero-order valence-corrected chi connectivity index (χ0v) is 10.2. The molecule has 2 heterocycles. The van der Waals surface area contributed by atoms with Crippen LogP contribution in [0.1, 0.15) is 10.6 Å². The van der Waals surface area contributed by atoms with Crippen LogP contribution in [-0.2, 0) is 13.6 Å². The van der Waals surface area contributed by atoms with Crippen LogP contribution in [0.15, 0.2) is 18.3 Å². The third-order valence-corrected chi connectivity index (χ3v) is 3.55. The number of anilines is 1. The summed E-state index contributed by atoms with van der Waals surface area (Å²) in [4.78, 5) is 1.23. The Morgan fingerprint density at radius 3 is 2.87 bits per heavy atom. The van der Waals surface area contributed by atoms with Gasteiger partial charge in [0, 0.05) is 18.5 Å². The number of aromatic nitrogens is 2. The van der Waals surface area contributed by atoms with Crippen molar-refractivity contribution in [3.8, 4) is 0 Å². The number of nitrogens with one attached hydrogen (secondary N) is 1. The monoisotopic (exact) mass is 241 g/mol. The van der Waals surface area contributed by atoms with Crippen molar-refractivity contribution in [3.63, 3.8) is 0 Å². The molecule has 2 aromatic heterocycles. The highest BCUT2D eigenvalue weighted by atomic mass is 35.5. The second-order valence-electron chi connectivity index (χ2n) is 3.33. The SMILES string of the molecule is Cc1c(NCc2ccc(Cl)s2)cnn1C. The maximum absolute atomic E-state index is 5.85. The van der Waals surface area contributed by atoms with Gasteiger partial charge >= 0.3 is 0 Å². The minimum absolute atomic E-state index is 0.796. The number of hydrogen-bond acceptors (Lipinski definition) is 3. The zero-order chi connectivity index (χ0) is 10.8. The van der Waals surface area contributed by atoms with Gasteiger partial charge in [0.25, 0.3) is 0 Å². The molecule has 0 spiro atoms. The van der Waals surface area contributed by atoms with Gasteiger partial charge in [-0.25, -0.2) is 0 Å². The van der Waals surface area contributed by atoms with E-state index in [-0.39, 0.29) is 0 Å². The molecular weight excluding hydrogens is 230 g/mol. The topological polar surface area (TPSA) is 29.9 Å². The van der Waals surface area contributed by atoms with Crippen LogP contribution in [0.2, 0.25) is 4.34 Å². The number of thiophene rings is 1. The number of hydrogen-bond donors (Lipinski definition) is 1. The summed E-state index contributed by atoms with van der Waals surface area (Å²) in [7, 11) is 1.93. The first-order chi connectivity index (χ1) is 7.16. The van der Waals surface area contributed by atoms with Crippen LogP contribution in [0.5, 0.6) is 0 Å². The minimum atomic E-state index is 0.796. The lowest BCUT2D eigenvalue weighted by Crippen LogP contribution is -1.99. The first-order valence-electron chi connectivity index (χ1n) is 4.63. The van der Waals surface area contributed by atoms with Crippen LogP contribution in [0.4, 0.5) is 5.69 Å². The molecule has 0 radical (unpaired) electrons. The van der Waals surface area contributed by atoms with Crippen molar-refractivity contribution in [3.05, 3.63) is 33.2 Å². The predicted octanol–water partition coefficient (Wildman–Crippen LogP) is 3.06. The van der Waals surface area contributed by atoms with E-state index in [9.17, 15) is 0 Å². The van der Waals surface area contributed by atoms with Crippen LogP contribution >= 0.6 is 22.9 Å². The largest absolute Gasteiger partial charge is 0.377 e. The summed E-state index contributed by atoms with van der Waals surface area (Å²) in [5, 5.41) is 7.50. The molecule has 0 saturated carbocycles. The Balaban J connectivity index is 2.02. The third kappa shape index (κ3) is 2.33. The Morgan fingerprint density at radius 2 is 2.33 bits per heavy atom. The Morgan fingerprint density at radius 1 is 1.53 bits per heavy atom. The van der Waals surface area contributed by atoms with Gasteiger partial charge in [0.1, 0.15) is 0 Å². The number of nitrogens with zero attached hydrogens (tertiary/aromatic N) is 2. The van der Waals surface area contributed by atoms with Gasteiger partial charge in [-0.3, -0.25) is 4.68 Å². The molecule has 80 valence electrons. The lowest BCUT2D eigenvalue weighted by Gasteiger charge is -2.03. The van der Waals surface area contributed by atoms with Crippen LogP contribution in [0.3, 0.4) is 0 Å². The molecule has 0 unspecified atom stereocenters. The van der Waals surface area contributed by atoms with Gasteiger partial charge < -0.3 is 5.32 Å². The Labute approximate surface area is 97.7 Å². The molecular formula is C10H12ClN3S. The molecule has 5 heteroatoms. The van der Waals surface area contributed by atoms with Gasteiger partial charge in [0.05, 0.1) is 21.9 Å². The van der Waals surface area contributed by atoms with Crippen LogP contribution in [-0.4, -0.2) is 9.78 Å². The van der Waals surface area contributed by atoms with Gasteiger partial charge in [-0.15, -0.1) is 11.3 Å². The highest BCUT2D eigenvalue weighted by Gasteiger charge is 2.03. The number of rotatable bonds is 3. The molecule has 0 aliphatic carbocycles. The maximum Gasteiger partial charge on any atom is 0.0931 e. The Bertz CT molecular complexity index is 461. The minimum Gasteiger partial charge on any atom is -0.377 e. The van der Waals surface area contributed by atoms with E-state index in [0.717, 1.165) is 22.3 Å². The molecule has 0 fully saturated rings. The molecule has 15 heavy (non-hydrogen) atoms. The first-order valence-corrected chi connectivity index (χ1v) is 5.83. The van der Waals surface area contributed by atoms with Crippen molar-refractivity contribution < 1.29 is 0 Å². The fourth-order valence-electron chi connectivity index (χ4n) is 1.30. The average molecular weight is 242 g/mol. The fourth-order valence-corrected chi connectivity index (χ4v) is 2.33. The van der Waals surface area contributed by atoms with Crippen molar-refractivity contribution >= 4 is 28.6 Å². The summed E-state index contributed by atoms with van der Waals surface area (Å²) >= 11 is 7.45. The van der Waals surface area contributed by atoms with E-state index >= 15 is 0 Å². The zero-order valence-electron chi connectivity index (χ0n) is 8.62. The van der Waals surface area contributed by atoms with Gasteiger partial charge in [-0.2, -0.15) is 5.10 Å². The molecule has 0 atom stereocenters. The molecule has 2 aromatic rings. The fraction of sp³-hybridized carbons (Fsp3) is 0.300. The lowest BCUT2D eigenvalue weighted by molar-refractivity contribution is 0.740. The lowest BCUT2D eigenvalue weighted by atomic mass is 10.4. The van der Waals surface area contributed by atoms with Gasteiger partial charge in [-0.1, -0.05) is 11.6 Å². The van der Waals surface area contributed by atoms with E-state index in [1.54, 1.807) is 11.3 Å². The summed E-state index contributed by atoms with van der Waals surface area (Å²) in [5.74, 6) is 0. The summed E-state index contributed by atoms with van der Waals surface area (Å²) in [5.41, 5.74) is 2.21. The second kappa shape index (κ2) is 4.24. The van der Waals surface area contributed by atoms with E-state index in [4.69, 9.17) is 11.6 Å². The Kier molecular flexibility index (Phi) is 2.98. The van der Waals surface area contributed by atoms with E-state index in [1.807, 2.05) is 37.0 Å². The molecule has 0 aliphatic heterocycles. The standard InChI is InChI=1S/C10H12ClN3S/c1-7-9(6-13-14(7)2)12-5-8-3-4-10(11)15-8/h3-4,6,12H,5H2,1-2H3. The van der Waals surface area contributed by atoms with Gasteiger partial charge in [0.2, 0.25) is 0 Å². The summed E-state index contributed by atoms with van der Waals surface area (Å²) < 4.78 is 2.68. The Hall–Kier alpha value is -1.00.